The van der Waals surface area contributed by atoms with E-state index in [1.165, 1.54) is 0 Å². The van der Waals surface area contributed by atoms with Crippen molar-refractivity contribution in [2.75, 3.05) is 12.4 Å². The van der Waals surface area contributed by atoms with E-state index < -0.39 is 16.0 Å². The van der Waals surface area contributed by atoms with E-state index in [9.17, 15) is 9.00 Å². The average Bonchev–Trinajstić information content (AvgIpc) is 2.54. The summed E-state index contributed by atoms with van der Waals surface area (Å²) in [5, 5.41) is 2.17. The molecule has 0 saturated heterocycles. The number of benzene rings is 2. The van der Waals surface area contributed by atoms with Crippen LogP contribution in [0.3, 0.4) is 0 Å². The van der Waals surface area contributed by atoms with Gasteiger partial charge in [0, 0.05) is 16.6 Å². The van der Waals surface area contributed by atoms with Crippen molar-refractivity contribution in [2.45, 2.75) is 24.9 Å². The first-order valence-corrected chi connectivity index (χ1v) is 8.76. The lowest BCUT2D eigenvalue weighted by Gasteiger charge is -2.14. The fourth-order valence-electron chi connectivity index (χ4n) is 2.19. The zero-order valence-corrected chi connectivity index (χ0v) is 14.4. The number of rotatable bonds is 6. The van der Waals surface area contributed by atoms with Gasteiger partial charge in [-0.25, -0.2) is 0 Å². The zero-order valence-electron chi connectivity index (χ0n) is 13.5. The van der Waals surface area contributed by atoms with E-state index >= 15 is 0 Å². The van der Waals surface area contributed by atoms with E-state index in [0.29, 0.717) is 17.2 Å². The maximum Gasteiger partial charge on any atom is 0.239 e. The minimum absolute atomic E-state index is 0.277. The summed E-state index contributed by atoms with van der Waals surface area (Å²) >= 11 is 0. The Morgan fingerprint density at radius 3 is 2.65 bits per heavy atom. The van der Waals surface area contributed by atoms with Gasteiger partial charge in [0.15, 0.2) is 0 Å². The SMILES string of the molecule is COc1ccccc1NC(=O)[C@@H](C)[S@@](=O)Cc1cccc(C)c1. The van der Waals surface area contributed by atoms with Gasteiger partial charge in [-0.3, -0.25) is 9.00 Å². The van der Waals surface area contributed by atoms with Crippen molar-refractivity contribution < 1.29 is 13.7 Å². The molecule has 0 heterocycles. The number of nitrogens with one attached hydrogen (secondary N) is 1. The van der Waals surface area contributed by atoms with Crippen LogP contribution >= 0.6 is 0 Å². The van der Waals surface area contributed by atoms with Gasteiger partial charge in [0.2, 0.25) is 5.91 Å². The predicted octanol–water partition coefficient (Wildman–Crippen LogP) is 3.28. The molecule has 0 saturated carbocycles. The highest BCUT2D eigenvalue weighted by Gasteiger charge is 2.21. The Hall–Kier alpha value is -2.14. The van der Waals surface area contributed by atoms with Crippen LogP contribution in [0, 0.1) is 6.92 Å². The number of anilines is 1. The van der Waals surface area contributed by atoms with Gasteiger partial charge in [-0.05, 0) is 31.5 Å². The van der Waals surface area contributed by atoms with Crippen molar-refractivity contribution in [1.82, 2.24) is 0 Å². The van der Waals surface area contributed by atoms with Crippen LogP contribution < -0.4 is 10.1 Å². The molecule has 0 aromatic heterocycles. The third kappa shape index (κ3) is 4.66. The minimum atomic E-state index is -1.29. The first-order valence-electron chi connectivity index (χ1n) is 7.38. The second kappa shape index (κ2) is 7.92. The van der Waals surface area contributed by atoms with Crippen molar-refractivity contribution in [3.8, 4) is 5.75 Å². The Morgan fingerprint density at radius 1 is 1.22 bits per heavy atom. The molecule has 0 spiro atoms. The molecule has 0 bridgehead atoms. The van der Waals surface area contributed by atoms with Gasteiger partial charge in [0.25, 0.3) is 0 Å². The monoisotopic (exact) mass is 331 g/mol. The number of methoxy groups -OCH3 is 1. The largest absolute Gasteiger partial charge is 0.495 e. The van der Waals surface area contributed by atoms with Gasteiger partial charge in [0.1, 0.15) is 11.0 Å². The number of amides is 1. The maximum atomic E-state index is 12.4. The van der Waals surface area contributed by atoms with Crippen LogP contribution in [0.4, 0.5) is 5.69 Å². The Balaban J connectivity index is 2.02. The van der Waals surface area contributed by atoms with Crippen LogP contribution in [-0.2, 0) is 21.3 Å². The van der Waals surface area contributed by atoms with E-state index in [1.807, 2.05) is 43.3 Å². The highest BCUT2D eigenvalue weighted by atomic mass is 32.2. The summed E-state index contributed by atoms with van der Waals surface area (Å²) in [5.41, 5.74) is 2.67. The lowest BCUT2D eigenvalue weighted by Crippen LogP contribution is -2.29. The minimum Gasteiger partial charge on any atom is -0.495 e. The molecular weight excluding hydrogens is 310 g/mol. The van der Waals surface area contributed by atoms with Gasteiger partial charge < -0.3 is 10.1 Å². The fourth-order valence-corrected chi connectivity index (χ4v) is 3.25. The Morgan fingerprint density at radius 2 is 1.96 bits per heavy atom. The first-order chi connectivity index (χ1) is 11.0. The van der Waals surface area contributed by atoms with Crippen molar-refractivity contribution in [3.63, 3.8) is 0 Å². The summed E-state index contributed by atoms with van der Waals surface area (Å²) in [5.74, 6) is 0.667. The molecule has 0 radical (unpaired) electrons. The molecule has 23 heavy (non-hydrogen) atoms. The molecule has 1 amide bonds. The predicted molar refractivity (Wildman–Crippen MR) is 94.1 cm³/mol. The lowest BCUT2D eigenvalue weighted by atomic mass is 10.2. The van der Waals surface area contributed by atoms with Gasteiger partial charge in [0.05, 0.1) is 12.8 Å². The number of aryl methyl sites for hydroxylation is 1. The number of ether oxygens (including phenoxy) is 1. The molecule has 2 rings (SSSR count). The summed E-state index contributed by atoms with van der Waals surface area (Å²) in [6.45, 7) is 3.67. The van der Waals surface area contributed by atoms with Crippen LogP contribution in [-0.4, -0.2) is 22.5 Å². The van der Waals surface area contributed by atoms with Gasteiger partial charge in [-0.15, -0.1) is 0 Å². The summed E-state index contributed by atoms with van der Waals surface area (Å²) < 4.78 is 17.6. The van der Waals surface area contributed by atoms with Crippen LogP contribution in [0.1, 0.15) is 18.1 Å². The van der Waals surface area contributed by atoms with E-state index in [2.05, 4.69) is 5.32 Å². The van der Waals surface area contributed by atoms with E-state index in [-0.39, 0.29) is 5.91 Å². The zero-order chi connectivity index (χ0) is 16.8. The summed E-state index contributed by atoms with van der Waals surface area (Å²) in [6.07, 6.45) is 0. The van der Waals surface area contributed by atoms with Crippen molar-refractivity contribution in [2.24, 2.45) is 0 Å². The highest BCUT2D eigenvalue weighted by molar-refractivity contribution is 7.85. The number of para-hydroxylation sites is 2. The lowest BCUT2D eigenvalue weighted by molar-refractivity contribution is -0.115. The molecule has 2 aromatic carbocycles. The molecule has 5 heteroatoms. The summed E-state index contributed by atoms with van der Waals surface area (Å²) in [6, 6.07) is 15.0. The van der Waals surface area contributed by atoms with E-state index in [0.717, 1.165) is 11.1 Å². The Labute approximate surface area is 139 Å². The topological polar surface area (TPSA) is 55.4 Å². The fraction of sp³-hybridized carbons (Fsp3) is 0.278. The molecule has 2 aromatic rings. The van der Waals surface area contributed by atoms with Crippen LogP contribution in [0.25, 0.3) is 0 Å². The molecule has 4 nitrogen and oxygen atoms in total. The molecule has 0 aliphatic heterocycles. The van der Waals surface area contributed by atoms with Crippen molar-refractivity contribution in [1.29, 1.82) is 0 Å². The molecule has 122 valence electrons. The van der Waals surface area contributed by atoms with Crippen LogP contribution in [0.5, 0.6) is 5.75 Å². The molecule has 0 fully saturated rings. The Bertz CT molecular complexity index is 715. The van der Waals surface area contributed by atoms with E-state index in [4.69, 9.17) is 4.74 Å². The Kier molecular flexibility index (Phi) is 5.93. The standard InChI is InChI=1S/C18H21NO3S/c1-13-7-6-8-15(11-13)12-23(21)14(2)18(20)19-16-9-4-5-10-17(16)22-3/h4-11,14H,12H2,1-3H3,(H,19,20)/t14-,23+/m1/s1. The van der Waals surface area contributed by atoms with Crippen molar-refractivity contribution in [3.05, 3.63) is 59.7 Å². The number of hydrogen-bond donors (Lipinski definition) is 1. The summed E-state index contributed by atoms with van der Waals surface area (Å²) in [7, 11) is 0.257. The average molecular weight is 331 g/mol. The maximum absolute atomic E-state index is 12.4. The van der Waals surface area contributed by atoms with Crippen LogP contribution in [0.15, 0.2) is 48.5 Å². The molecule has 2 atom stereocenters. The highest BCUT2D eigenvalue weighted by Crippen LogP contribution is 2.23. The number of hydrogen-bond acceptors (Lipinski definition) is 3. The van der Waals surface area contributed by atoms with Gasteiger partial charge in [-0.1, -0.05) is 42.0 Å². The summed E-state index contributed by atoms with van der Waals surface area (Å²) in [4.78, 5) is 12.3. The van der Waals surface area contributed by atoms with E-state index in [1.54, 1.807) is 26.2 Å². The third-order valence-electron chi connectivity index (χ3n) is 3.52. The molecule has 0 aliphatic carbocycles. The van der Waals surface area contributed by atoms with Gasteiger partial charge in [-0.2, -0.15) is 0 Å². The molecule has 0 unspecified atom stereocenters. The third-order valence-corrected chi connectivity index (χ3v) is 5.14. The number of carbonyl (C=O) groups is 1. The smallest absolute Gasteiger partial charge is 0.239 e. The second-order valence-electron chi connectivity index (χ2n) is 5.35. The molecular formula is C18H21NO3S. The quantitative estimate of drug-likeness (QED) is 0.884. The molecule has 1 N–H and O–H groups in total. The first kappa shape index (κ1) is 17.2. The van der Waals surface area contributed by atoms with Crippen LogP contribution in [0.2, 0.25) is 0 Å². The second-order valence-corrected chi connectivity index (χ2v) is 7.10. The van der Waals surface area contributed by atoms with Crippen molar-refractivity contribution >= 4 is 22.4 Å². The van der Waals surface area contributed by atoms with Gasteiger partial charge >= 0.3 is 0 Å². The number of carbonyl (C=O) groups excluding carboxylic acids is 1. The molecule has 0 aliphatic rings. The normalized spacial score (nSPS) is 13.2.